The van der Waals surface area contributed by atoms with Gasteiger partial charge in [0.2, 0.25) is 0 Å². The van der Waals surface area contributed by atoms with Crippen LogP contribution in [0.25, 0.3) is 0 Å². The molecule has 3 rings (SSSR count). The number of aryl methyl sites for hydroxylation is 2. The first kappa shape index (κ1) is 20.5. The predicted molar refractivity (Wildman–Crippen MR) is 112 cm³/mol. The van der Waals surface area contributed by atoms with Crippen molar-refractivity contribution in [2.45, 2.75) is 13.8 Å². The molecular weight excluding hydrogens is 382 g/mol. The van der Waals surface area contributed by atoms with Crippen LogP contribution in [0.15, 0.2) is 65.1 Å². The summed E-state index contributed by atoms with van der Waals surface area (Å²) in [6.07, 6.45) is 6.10. The summed E-state index contributed by atoms with van der Waals surface area (Å²) >= 11 is 0. The number of nitrogens with one attached hydrogen (secondary N) is 2. The Morgan fingerprint density at radius 2 is 1.27 bits per heavy atom. The molecule has 0 saturated heterocycles. The smallest absolute Gasteiger partial charge is 0.267 e. The SMILES string of the molecule is Cc1nc(C)c(C(=O)N/N=C/c2ccccn2)cc1C(=O)N/N=C/c1ccccn1. The number of aromatic nitrogens is 3. The van der Waals surface area contributed by atoms with Crippen LogP contribution in [0.4, 0.5) is 0 Å². The third-order valence-corrected chi connectivity index (χ3v) is 3.99. The standard InChI is InChI=1S/C21H19N7O2/c1-14-18(20(29)27-24-12-16-7-3-5-9-22-16)11-19(15(2)26-14)21(30)28-25-13-17-8-4-6-10-23-17/h3-13H,1-2H3,(H,27,29)(H,28,30)/b24-12+,25-13+. The van der Waals surface area contributed by atoms with Crippen LogP contribution in [0, 0.1) is 13.8 Å². The summed E-state index contributed by atoms with van der Waals surface area (Å²) in [4.78, 5) is 37.4. The molecule has 9 nitrogen and oxygen atoms in total. The summed E-state index contributed by atoms with van der Waals surface area (Å²) in [5.41, 5.74) is 7.46. The van der Waals surface area contributed by atoms with Gasteiger partial charge in [0.25, 0.3) is 11.8 Å². The van der Waals surface area contributed by atoms with Gasteiger partial charge >= 0.3 is 0 Å². The van der Waals surface area contributed by atoms with E-state index >= 15 is 0 Å². The summed E-state index contributed by atoms with van der Waals surface area (Å²) in [6.45, 7) is 3.37. The van der Waals surface area contributed by atoms with Crippen LogP contribution in [-0.4, -0.2) is 39.2 Å². The molecule has 3 aromatic heterocycles. The molecule has 3 heterocycles. The highest BCUT2D eigenvalue weighted by Crippen LogP contribution is 2.13. The van der Waals surface area contributed by atoms with Gasteiger partial charge in [-0.15, -0.1) is 0 Å². The normalized spacial score (nSPS) is 11.0. The fraction of sp³-hybridized carbons (Fsp3) is 0.0952. The van der Waals surface area contributed by atoms with Crippen molar-refractivity contribution in [3.8, 4) is 0 Å². The van der Waals surface area contributed by atoms with Crippen LogP contribution in [0.2, 0.25) is 0 Å². The van der Waals surface area contributed by atoms with Crippen LogP contribution < -0.4 is 10.9 Å². The summed E-state index contributed by atoms with van der Waals surface area (Å²) < 4.78 is 0. The molecule has 0 aliphatic heterocycles. The van der Waals surface area contributed by atoms with E-state index in [2.05, 4.69) is 36.0 Å². The molecule has 0 unspecified atom stereocenters. The molecule has 0 aliphatic carbocycles. The summed E-state index contributed by atoms with van der Waals surface area (Å²) in [5, 5.41) is 7.79. The van der Waals surface area contributed by atoms with Crippen molar-refractivity contribution < 1.29 is 9.59 Å². The first-order valence-corrected chi connectivity index (χ1v) is 9.01. The number of hydrogen-bond donors (Lipinski definition) is 2. The first-order chi connectivity index (χ1) is 14.5. The Morgan fingerprint density at radius 3 is 1.67 bits per heavy atom. The Balaban J connectivity index is 1.71. The van der Waals surface area contributed by atoms with Crippen molar-refractivity contribution in [1.29, 1.82) is 0 Å². The van der Waals surface area contributed by atoms with E-state index < -0.39 is 11.8 Å². The van der Waals surface area contributed by atoms with Gasteiger partial charge in [-0.2, -0.15) is 10.2 Å². The van der Waals surface area contributed by atoms with Gasteiger partial charge in [0.1, 0.15) is 0 Å². The number of pyridine rings is 3. The van der Waals surface area contributed by atoms with Crippen LogP contribution >= 0.6 is 0 Å². The lowest BCUT2D eigenvalue weighted by Gasteiger charge is -2.09. The molecule has 0 radical (unpaired) electrons. The second kappa shape index (κ2) is 9.78. The van der Waals surface area contributed by atoms with Crippen molar-refractivity contribution in [2.75, 3.05) is 0 Å². The minimum atomic E-state index is -0.488. The minimum Gasteiger partial charge on any atom is -0.267 e. The molecule has 9 heteroatoms. The van der Waals surface area contributed by atoms with Gasteiger partial charge in [-0.3, -0.25) is 24.5 Å². The molecule has 0 fully saturated rings. The predicted octanol–water partition coefficient (Wildman–Crippen LogP) is 2.02. The molecule has 0 aliphatic rings. The van der Waals surface area contributed by atoms with E-state index in [1.807, 2.05) is 12.1 Å². The first-order valence-electron chi connectivity index (χ1n) is 9.01. The monoisotopic (exact) mass is 401 g/mol. The Labute approximate surface area is 173 Å². The van der Waals surface area contributed by atoms with Crippen molar-refractivity contribution in [3.05, 3.63) is 88.8 Å². The molecule has 150 valence electrons. The van der Waals surface area contributed by atoms with Crippen LogP contribution in [0.3, 0.4) is 0 Å². The lowest BCUT2D eigenvalue weighted by molar-refractivity contribution is 0.0954. The van der Waals surface area contributed by atoms with Gasteiger partial charge in [-0.1, -0.05) is 12.1 Å². The number of rotatable bonds is 6. The van der Waals surface area contributed by atoms with Gasteiger partial charge < -0.3 is 0 Å². The van der Waals surface area contributed by atoms with E-state index in [-0.39, 0.29) is 11.1 Å². The number of hydrazone groups is 2. The lowest BCUT2D eigenvalue weighted by atomic mass is 10.1. The third-order valence-electron chi connectivity index (χ3n) is 3.99. The molecule has 2 N–H and O–H groups in total. The number of carbonyl (C=O) groups is 2. The number of amides is 2. The molecule has 0 bridgehead atoms. The number of hydrogen-bond acceptors (Lipinski definition) is 7. The molecule has 2 amide bonds. The van der Waals surface area contributed by atoms with E-state index in [1.165, 1.54) is 18.5 Å². The largest absolute Gasteiger partial charge is 0.273 e. The minimum absolute atomic E-state index is 0.234. The van der Waals surface area contributed by atoms with Crippen molar-refractivity contribution in [2.24, 2.45) is 10.2 Å². The molecule has 0 aromatic carbocycles. The van der Waals surface area contributed by atoms with Crippen molar-refractivity contribution in [1.82, 2.24) is 25.8 Å². The van der Waals surface area contributed by atoms with E-state index in [1.54, 1.807) is 50.5 Å². The highest BCUT2D eigenvalue weighted by atomic mass is 16.2. The molecule has 0 atom stereocenters. The third kappa shape index (κ3) is 5.38. The summed E-state index contributed by atoms with van der Waals surface area (Å²) in [6, 6.07) is 12.2. The Kier molecular flexibility index (Phi) is 6.67. The Bertz CT molecular complexity index is 1010. The number of carbonyl (C=O) groups excluding carboxylic acids is 2. The van der Waals surface area contributed by atoms with Gasteiger partial charge in [-0.05, 0) is 44.2 Å². The van der Waals surface area contributed by atoms with Crippen LogP contribution in [-0.2, 0) is 0 Å². The zero-order valence-electron chi connectivity index (χ0n) is 16.4. The summed E-state index contributed by atoms with van der Waals surface area (Å²) in [5.74, 6) is -0.976. The molecule has 0 saturated carbocycles. The van der Waals surface area contributed by atoms with E-state index in [0.717, 1.165) is 0 Å². The van der Waals surface area contributed by atoms with E-state index in [0.29, 0.717) is 22.8 Å². The topological polar surface area (TPSA) is 122 Å². The lowest BCUT2D eigenvalue weighted by Crippen LogP contribution is -2.23. The molecule has 3 aromatic rings. The zero-order chi connectivity index (χ0) is 21.3. The maximum atomic E-state index is 12.5. The highest BCUT2D eigenvalue weighted by Gasteiger charge is 2.17. The maximum absolute atomic E-state index is 12.5. The molecule has 30 heavy (non-hydrogen) atoms. The van der Waals surface area contributed by atoms with Crippen LogP contribution in [0.5, 0.6) is 0 Å². The molecular formula is C21H19N7O2. The van der Waals surface area contributed by atoms with E-state index in [4.69, 9.17) is 0 Å². The fourth-order valence-electron chi connectivity index (χ4n) is 2.52. The van der Waals surface area contributed by atoms with Crippen molar-refractivity contribution in [3.63, 3.8) is 0 Å². The zero-order valence-corrected chi connectivity index (χ0v) is 16.4. The maximum Gasteiger partial charge on any atom is 0.273 e. The Hall–Kier alpha value is -4.27. The van der Waals surface area contributed by atoms with Gasteiger partial charge in [0.05, 0.1) is 46.3 Å². The van der Waals surface area contributed by atoms with Gasteiger partial charge in [0.15, 0.2) is 0 Å². The van der Waals surface area contributed by atoms with Gasteiger partial charge in [-0.25, -0.2) is 10.9 Å². The van der Waals surface area contributed by atoms with Gasteiger partial charge in [0, 0.05) is 12.4 Å². The highest BCUT2D eigenvalue weighted by molar-refractivity contribution is 6.01. The second-order valence-corrected chi connectivity index (χ2v) is 6.16. The van der Waals surface area contributed by atoms with E-state index in [9.17, 15) is 9.59 Å². The fourth-order valence-corrected chi connectivity index (χ4v) is 2.52. The average Bonchev–Trinajstić information content (AvgIpc) is 2.75. The summed E-state index contributed by atoms with van der Waals surface area (Å²) in [7, 11) is 0. The second-order valence-electron chi connectivity index (χ2n) is 6.16. The van der Waals surface area contributed by atoms with Crippen LogP contribution in [0.1, 0.15) is 43.5 Å². The van der Waals surface area contributed by atoms with Crippen molar-refractivity contribution >= 4 is 24.2 Å². The Morgan fingerprint density at radius 1 is 0.800 bits per heavy atom. The molecule has 0 spiro atoms. The number of nitrogens with zero attached hydrogens (tertiary/aromatic N) is 5. The average molecular weight is 401 g/mol. The quantitative estimate of drug-likeness (QED) is 0.483.